The van der Waals surface area contributed by atoms with E-state index in [1.54, 1.807) is 0 Å². The van der Waals surface area contributed by atoms with Crippen LogP contribution in [-0.4, -0.2) is 23.5 Å². The molecule has 1 atom stereocenters. The van der Waals surface area contributed by atoms with Gasteiger partial charge >= 0.3 is 0 Å². The standard InChI is InChI=1S/C14H18N2/c1-10-5-6-13-11(8-10)12(9-15-13)14-4-3-7-16(14)2/h5-6,8-9,14-15H,3-4,7H2,1-2H3. The van der Waals surface area contributed by atoms with Gasteiger partial charge in [0.05, 0.1) is 0 Å². The van der Waals surface area contributed by atoms with Gasteiger partial charge in [-0.15, -0.1) is 0 Å². The Labute approximate surface area is 96.3 Å². The van der Waals surface area contributed by atoms with Crippen LogP contribution in [0.2, 0.25) is 0 Å². The zero-order valence-electron chi connectivity index (χ0n) is 9.96. The predicted octanol–water partition coefficient (Wildman–Crippen LogP) is 3.24. The molecule has 1 aromatic carbocycles. The summed E-state index contributed by atoms with van der Waals surface area (Å²) in [5.74, 6) is 0. The molecule has 3 rings (SSSR count). The predicted molar refractivity (Wildman–Crippen MR) is 67.6 cm³/mol. The molecule has 0 bridgehead atoms. The van der Waals surface area contributed by atoms with Crippen molar-refractivity contribution in [1.29, 1.82) is 0 Å². The van der Waals surface area contributed by atoms with Crippen molar-refractivity contribution in [3.63, 3.8) is 0 Å². The Balaban J connectivity index is 2.12. The second-order valence-corrected chi connectivity index (χ2v) is 4.93. The second-order valence-electron chi connectivity index (χ2n) is 4.93. The van der Waals surface area contributed by atoms with Crippen LogP contribution >= 0.6 is 0 Å². The molecule has 1 fully saturated rings. The molecule has 1 N–H and O–H groups in total. The van der Waals surface area contributed by atoms with Crippen molar-refractivity contribution >= 4 is 10.9 Å². The van der Waals surface area contributed by atoms with E-state index >= 15 is 0 Å². The maximum absolute atomic E-state index is 3.39. The molecule has 2 aromatic rings. The third-order valence-electron chi connectivity index (χ3n) is 3.75. The fraction of sp³-hybridized carbons (Fsp3) is 0.429. The van der Waals surface area contributed by atoms with E-state index in [2.05, 4.69) is 48.3 Å². The molecule has 2 heterocycles. The minimum absolute atomic E-state index is 0.607. The monoisotopic (exact) mass is 214 g/mol. The van der Waals surface area contributed by atoms with Crippen LogP contribution in [0.3, 0.4) is 0 Å². The fourth-order valence-corrected chi connectivity index (χ4v) is 2.83. The highest BCUT2D eigenvalue weighted by Gasteiger charge is 2.24. The minimum atomic E-state index is 0.607. The Hall–Kier alpha value is -1.28. The highest BCUT2D eigenvalue weighted by atomic mass is 15.1. The normalized spacial score (nSPS) is 22.0. The van der Waals surface area contributed by atoms with E-state index in [1.165, 1.54) is 41.4 Å². The molecule has 1 aliphatic rings. The van der Waals surface area contributed by atoms with Crippen LogP contribution in [0.15, 0.2) is 24.4 Å². The van der Waals surface area contributed by atoms with Crippen molar-refractivity contribution in [3.05, 3.63) is 35.5 Å². The van der Waals surface area contributed by atoms with Gasteiger partial charge in [-0.1, -0.05) is 11.6 Å². The third kappa shape index (κ3) is 1.45. The molecule has 1 unspecified atom stereocenters. The number of likely N-dealkylation sites (tertiary alicyclic amines) is 1. The number of nitrogens with one attached hydrogen (secondary N) is 1. The molecule has 16 heavy (non-hydrogen) atoms. The van der Waals surface area contributed by atoms with Gasteiger partial charge in [0.15, 0.2) is 0 Å². The zero-order valence-corrected chi connectivity index (χ0v) is 9.96. The van der Waals surface area contributed by atoms with Crippen molar-refractivity contribution in [2.45, 2.75) is 25.8 Å². The second kappa shape index (κ2) is 3.63. The van der Waals surface area contributed by atoms with Crippen LogP contribution in [0.5, 0.6) is 0 Å². The quantitative estimate of drug-likeness (QED) is 0.772. The number of H-pyrrole nitrogens is 1. The number of fused-ring (bicyclic) bond motifs is 1. The van der Waals surface area contributed by atoms with Crippen LogP contribution in [0.25, 0.3) is 10.9 Å². The van der Waals surface area contributed by atoms with Gasteiger partial charge in [-0.25, -0.2) is 0 Å². The van der Waals surface area contributed by atoms with Gasteiger partial charge in [0.1, 0.15) is 0 Å². The average molecular weight is 214 g/mol. The van der Waals surface area contributed by atoms with E-state index in [0.717, 1.165) is 0 Å². The summed E-state index contributed by atoms with van der Waals surface area (Å²) >= 11 is 0. The maximum atomic E-state index is 3.39. The Morgan fingerprint density at radius 2 is 2.25 bits per heavy atom. The summed E-state index contributed by atoms with van der Waals surface area (Å²) in [5.41, 5.74) is 4.08. The van der Waals surface area contributed by atoms with Crippen LogP contribution < -0.4 is 0 Å². The highest BCUT2D eigenvalue weighted by molar-refractivity contribution is 5.84. The van der Waals surface area contributed by atoms with Gasteiger partial charge in [-0.3, -0.25) is 4.90 Å². The third-order valence-corrected chi connectivity index (χ3v) is 3.75. The number of rotatable bonds is 1. The number of hydrogen-bond donors (Lipinski definition) is 1. The first-order valence-electron chi connectivity index (χ1n) is 6.03. The van der Waals surface area contributed by atoms with Crippen molar-refractivity contribution in [3.8, 4) is 0 Å². The van der Waals surface area contributed by atoms with E-state index in [0.29, 0.717) is 6.04 Å². The van der Waals surface area contributed by atoms with E-state index in [4.69, 9.17) is 0 Å². The van der Waals surface area contributed by atoms with Crippen molar-refractivity contribution in [2.24, 2.45) is 0 Å². The maximum Gasteiger partial charge on any atom is 0.0457 e. The summed E-state index contributed by atoms with van der Waals surface area (Å²) in [6.45, 7) is 3.39. The molecule has 0 amide bonds. The largest absolute Gasteiger partial charge is 0.361 e. The number of nitrogens with zero attached hydrogens (tertiary/aromatic N) is 1. The molecule has 2 nitrogen and oxygen atoms in total. The number of aromatic amines is 1. The lowest BCUT2D eigenvalue weighted by Gasteiger charge is -2.18. The highest BCUT2D eigenvalue weighted by Crippen LogP contribution is 2.34. The van der Waals surface area contributed by atoms with E-state index in [9.17, 15) is 0 Å². The number of benzene rings is 1. The lowest BCUT2D eigenvalue weighted by molar-refractivity contribution is 0.319. The zero-order chi connectivity index (χ0) is 11.1. The Morgan fingerprint density at radius 1 is 1.38 bits per heavy atom. The summed E-state index contributed by atoms with van der Waals surface area (Å²) in [4.78, 5) is 5.85. The molecule has 84 valence electrons. The van der Waals surface area contributed by atoms with Gasteiger partial charge in [-0.2, -0.15) is 0 Å². The lowest BCUT2D eigenvalue weighted by atomic mass is 10.0. The summed E-state index contributed by atoms with van der Waals surface area (Å²) in [6.07, 6.45) is 4.80. The minimum Gasteiger partial charge on any atom is -0.361 e. The number of aromatic nitrogens is 1. The van der Waals surface area contributed by atoms with Gasteiger partial charge in [0, 0.05) is 23.1 Å². The molecule has 1 aromatic heterocycles. The van der Waals surface area contributed by atoms with E-state index in [1.807, 2.05) is 0 Å². The van der Waals surface area contributed by atoms with Crippen molar-refractivity contribution in [2.75, 3.05) is 13.6 Å². The van der Waals surface area contributed by atoms with Crippen molar-refractivity contribution < 1.29 is 0 Å². The van der Waals surface area contributed by atoms with Gasteiger partial charge in [0.25, 0.3) is 0 Å². The average Bonchev–Trinajstić information content (AvgIpc) is 2.83. The first-order chi connectivity index (χ1) is 7.75. The number of aryl methyl sites for hydroxylation is 1. The SMILES string of the molecule is Cc1ccc2[nH]cc(C3CCCN3C)c2c1. The van der Waals surface area contributed by atoms with Crippen LogP contribution in [0.4, 0.5) is 0 Å². The van der Waals surface area contributed by atoms with Crippen LogP contribution in [-0.2, 0) is 0 Å². The molecule has 0 saturated carbocycles. The molecular formula is C14H18N2. The van der Waals surface area contributed by atoms with Gasteiger partial charge in [0.2, 0.25) is 0 Å². The smallest absolute Gasteiger partial charge is 0.0457 e. The van der Waals surface area contributed by atoms with E-state index < -0.39 is 0 Å². The first-order valence-corrected chi connectivity index (χ1v) is 6.03. The summed E-state index contributed by atoms with van der Waals surface area (Å²) in [6, 6.07) is 7.26. The van der Waals surface area contributed by atoms with Gasteiger partial charge in [-0.05, 0) is 51.1 Å². The van der Waals surface area contributed by atoms with Crippen molar-refractivity contribution in [1.82, 2.24) is 9.88 Å². The molecule has 0 radical (unpaired) electrons. The number of hydrogen-bond acceptors (Lipinski definition) is 1. The fourth-order valence-electron chi connectivity index (χ4n) is 2.83. The molecular weight excluding hydrogens is 196 g/mol. The van der Waals surface area contributed by atoms with Crippen LogP contribution in [0, 0.1) is 6.92 Å². The lowest BCUT2D eigenvalue weighted by Crippen LogP contribution is -2.17. The topological polar surface area (TPSA) is 19.0 Å². The molecule has 1 aliphatic heterocycles. The first kappa shape index (κ1) is 9.91. The van der Waals surface area contributed by atoms with Crippen LogP contribution in [0.1, 0.15) is 30.0 Å². The summed E-state index contributed by atoms with van der Waals surface area (Å²) in [7, 11) is 2.23. The van der Waals surface area contributed by atoms with Gasteiger partial charge < -0.3 is 4.98 Å². The van der Waals surface area contributed by atoms with E-state index in [-0.39, 0.29) is 0 Å². The Kier molecular flexibility index (Phi) is 2.25. The summed E-state index contributed by atoms with van der Waals surface area (Å²) in [5, 5.41) is 1.40. The summed E-state index contributed by atoms with van der Waals surface area (Å²) < 4.78 is 0. The Bertz CT molecular complexity index is 512. The Morgan fingerprint density at radius 3 is 3.00 bits per heavy atom. The molecule has 0 spiro atoms. The molecule has 2 heteroatoms. The molecule has 1 saturated heterocycles. The molecule has 0 aliphatic carbocycles.